The summed E-state index contributed by atoms with van der Waals surface area (Å²) >= 11 is 1.70. The Labute approximate surface area is 197 Å². The quantitative estimate of drug-likeness (QED) is 0.465. The molecule has 8 heteroatoms. The summed E-state index contributed by atoms with van der Waals surface area (Å²) in [6, 6.07) is 12.6. The van der Waals surface area contributed by atoms with Crippen molar-refractivity contribution < 1.29 is 23.5 Å². The molecule has 174 valence electrons. The summed E-state index contributed by atoms with van der Waals surface area (Å²) in [5.41, 5.74) is 1.11. The third-order valence-electron chi connectivity index (χ3n) is 5.72. The first kappa shape index (κ1) is 22.9. The van der Waals surface area contributed by atoms with E-state index in [1.54, 1.807) is 35.5 Å². The number of hydrogen-bond acceptors (Lipinski definition) is 6. The molecule has 3 heterocycles. The van der Waals surface area contributed by atoms with E-state index in [1.165, 1.54) is 11.1 Å². The Hall–Kier alpha value is -3.26. The molecule has 4 rings (SSSR count). The Bertz CT molecular complexity index is 1080. The van der Waals surface area contributed by atoms with Crippen molar-refractivity contribution in [3.8, 4) is 11.5 Å². The SMILES string of the molecule is CCCN(CC(=O)N1CCc2sccc2[C@@H]1COc1ccccc1OC)C(=O)c1ccco1. The zero-order valence-corrected chi connectivity index (χ0v) is 19.7. The molecule has 0 N–H and O–H groups in total. The fourth-order valence-electron chi connectivity index (χ4n) is 4.11. The Balaban J connectivity index is 1.52. The summed E-state index contributed by atoms with van der Waals surface area (Å²) in [5, 5.41) is 2.05. The normalized spacial score (nSPS) is 15.1. The molecule has 1 atom stereocenters. The molecule has 0 saturated heterocycles. The minimum absolute atomic E-state index is 0.00198. The summed E-state index contributed by atoms with van der Waals surface area (Å²) in [6.45, 7) is 3.34. The van der Waals surface area contributed by atoms with Crippen LogP contribution in [0.3, 0.4) is 0 Å². The Morgan fingerprint density at radius 1 is 1.18 bits per heavy atom. The van der Waals surface area contributed by atoms with Crippen LogP contribution in [0.15, 0.2) is 58.5 Å². The van der Waals surface area contributed by atoms with E-state index in [4.69, 9.17) is 13.9 Å². The number of ether oxygens (including phenoxy) is 2. The fourth-order valence-corrected chi connectivity index (χ4v) is 5.04. The number of thiophene rings is 1. The van der Waals surface area contributed by atoms with Gasteiger partial charge in [0.2, 0.25) is 5.91 Å². The number of benzene rings is 1. The molecule has 33 heavy (non-hydrogen) atoms. The topological polar surface area (TPSA) is 72.2 Å². The van der Waals surface area contributed by atoms with E-state index in [9.17, 15) is 9.59 Å². The lowest BCUT2D eigenvalue weighted by Gasteiger charge is -2.37. The van der Waals surface area contributed by atoms with Gasteiger partial charge >= 0.3 is 0 Å². The monoisotopic (exact) mass is 468 g/mol. The van der Waals surface area contributed by atoms with E-state index in [-0.39, 0.29) is 30.2 Å². The zero-order valence-electron chi connectivity index (χ0n) is 18.9. The third-order valence-corrected chi connectivity index (χ3v) is 6.72. The van der Waals surface area contributed by atoms with E-state index in [1.807, 2.05) is 36.1 Å². The number of carbonyl (C=O) groups excluding carboxylic acids is 2. The molecule has 0 spiro atoms. The van der Waals surface area contributed by atoms with Crippen molar-refractivity contribution in [2.24, 2.45) is 0 Å². The zero-order chi connectivity index (χ0) is 23.2. The van der Waals surface area contributed by atoms with Gasteiger partial charge in [-0.05, 0) is 54.1 Å². The molecule has 1 aliphatic rings. The molecule has 0 fully saturated rings. The number of para-hydroxylation sites is 2. The van der Waals surface area contributed by atoms with Crippen LogP contribution >= 0.6 is 11.3 Å². The van der Waals surface area contributed by atoms with Gasteiger partial charge in [-0.15, -0.1) is 11.3 Å². The van der Waals surface area contributed by atoms with Crippen LogP contribution in [0.4, 0.5) is 0 Å². The molecule has 3 aromatic rings. The van der Waals surface area contributed by atoms with Gasteiger partial charge in [0, 0.05) is 18.0 Å². The van der Waals surface area contributed by atoms with Gasteiger partial charge in [0.05, 0.1) is 19.4 Å². The number of methoxy groups -OCH3 is 1. The van der Waals surface area contributed by atoms with Crippen molar-refractivity contribution in [2.75, 3.05) is 33.4 Å². The van der Waals surface area contributed by atoms with Crippen LogP contribution < -0.4 is 9.47 Å². The Kier molecular flexibility index (Phi) is 7.34. The first-order chi connectivity index (χ1) is 16.1. The maximum Gasteiger partial charge on any atom is 0.290 e. The second-order valence-electron chi connectivity index (χ2n) is 7.82. The molecule has 2 aromatic heterocycles. The van der Waals surface area contributed by atoms with Crippen molar-refractivity contribution in [3.05, 3.63) is 70.3 Å². The van der Waals surface area contributed by atoms with Crippen LogP contribution in [0, 0.1) is 0 Å². The van der Waals surface area contributed by atoms with E-state index >= 15 is 0 Å². The Morgan fingerprint density at radius 3 is 2.73 bits per heavy atom. The van der Waals surface area contributed by atoms with Crippen LogP contribution in [0.5, 0.6) is 11.5 Å². The first-order valence-corrected chi connectivity index (χ1v) is 11.9. The first-order valence-electron chi connectivity index (χ1n) is 11.1. The number of carbonyl (C=O) groups is 2. The average molecular weight is 469 g/mol. The van der Waals surface area contributed by atoms with Crippen molar-refractivity contribution in [1.29, 1.82) is 0 Å². The van der Waals surface area contributed by atoms with Crippen molar-refractivity contribution in [3.63, 3.8) is 0 Å². The van der Waals surface area contributed by atoms with Crippen LogP contribution in [0.1, 0.15) is 40.4 Å². The summed E-state index contributed by atoms with van der Waals surface area (Å²) in [6.07, 6.45) is 3.01. The average Bonchev–Trinajstić information content (AvgIpc) is 3.54. The Morgan fingerprint density at radius 2 is 2.00 bits per heavy atom. The molecule has 2 amide bonds. The van der Waals surface area contributed by atoms with Crippen molar-refractivity contribution >= 4 is 23.2 Å². The summed E-state index contributed by atoms with van der Waals surface area (Å²) in [7, 11) is 1.61. The maximum absolute atomic E-state index is 13.5. The molecular formula is C25H28N2O5S. The largest absolute Gasteiger partial charge is 0.493 e. The molecule has 1 aliphatic heterocycles. The van der Waals surface area contributed by atoms with E-state index in [0.717, 1.165) is 18.4 Å². The van der Waals surface area contributed by atoms with Crippen LogP contribution in [-0.2, 0) is 11.2 Å². The third kappa shape index (κ3) is 5.06. The number of hydrogen-bond donors (Lipinski definition) is 0. The molecule has 0 saturated carbocycles. The number of nitrogens with zero attached hydrogens (tertiary/aromatic N) is 2. The lowest BCUT2D eigenvalue weighted by molar-refractivity contribution is -0.135. The summed E-state index contributed by atoms with van der Waals surface area (Å²) < 4.78 is 16.8. The van der Waals surface area contributed by atoms with E-state index in [2.05, 4.69) is 11.4 Å². The van der Waals surface area contributed by atoms with Crippen molar-refractivity contribution in [1.82, 2.24) is 9.80 Å². The van der Waals surface area contributed by atoms with Crippen LogP contribution in [0.25, 0.3) is 0 Å². The number of rotatable bonds is 9. The van der Waals surface area contributed by atoms with Gasteiger partial charge in [0.1, 0.15) is 13.2 Å². The minimum atomic E-state index is -0.273. The van der Waals surface area contributed by atoms with Crippen LogP contribution in [0.2, 0.25) is 0 Å². The molecule has 0 unspecified atom stereocenters. The highest BCUT2D eigenvalue weighted by Gasteiger charge is 2.34. The molecular weight excluding hydrogens is 440 g/mol. The van der Waals surface area contributed by atoms with Gasteiger partial charge in [-0.2, -0.15) is 0 Å². The molecule has 7 nitrogen and oxygen atoms in total. The highest BCUT2D eigenvalue weighted by Crippen LogP contribution is 2.35. The fraction of sp³-hybridized carbons (Fsp3) is 0.360. The molecule has 0 aliphatic carbocycles. The lowest BCUT2D eigenvalue weighted by Crippen LogP contribution is -2.48. The molecule has 0 bridgehead atoms. The molecule has 1 aromatic carbocycles. The predicted molar refractivity (Wildman–Crippen MR) is 126 cm³/mol. The molecule has 0 radical (unpaired) electrons. The standard InChI is InChI=1S/C25H28N2O5S/c1-3-12-26(25(29)22-9-6-14-31-22)16-24(28)27-13-10-23-18(11-15-33-23)19(27)17-32-21-8-5-4-7-20(21)30-2/h4-9,11,14-15,19H,3,10,12-13,16-17H2,1-2H3/t19-/m0/s1. The summed E-state index contributed by atoms with van der Waals surface area (Å²) in [5.74, 6) is 1.15. The van der Waals surface area contributed by atoms with Gasteiger partial charge < -0.3 is 23.7 Å². The van der Waals surface area contributed by atoms with Gasteiger partial charge in [-0.25, -0.2) is 0 Å². The lowest BCUT2D eigenvalue weighted by atomic mass is 10.0. The van der Waals surface area contributed by atoms with Gasteiger partial charge in [0.25, 0.3) is 5.91 Å². The van der Waals surface area contributed by atoms with Gasteiger partial charge in [-0.1, -0.05) is 19.1 Å². The smallest absolute Gasteiger partial charge is 0.290 e. The number of fused-ring (bicyclic) bond motifs is 1. The maximum atomic E-state index is 13.5. The van der Waals surface area contributed by atoms with Gasteiger partial charge in [0.15, 0.2) is 17.3 Å². The van der Waals surface area contributed by atoms with Crippen molar-refractivity contribution in [2.45, 2.75) is 25.8 Å². The van der Waals surface area contributed by atoms with Gasteiger partial charge in [-0.3, -0.25) is 9.59 Å². The van der Waals surface area contributed by atoms with E-state index in [0.29, 0.717) is 31.2 Å². The summed E-state index contributed by atoms with van der Waals surface area (Å²) in [4.78, 5) is 31.0. The predicted octanol–water partition coefficient (Wildman–Crippen LogP) is 4.41. The number of furan rings is 1. The highest BCUT2D eigenvalue weighted by atomic mass is 32.1. The second kappa shape index (κ2) is 10.6. The number of amides is 2. The highest BCUT2D eigenvalue weighted by molar-refractivity contribution is 7.10. The minimum Gasteiger partial charge on any atom is -0.493 e. The van der Waals surface area contributed by atoms with Crippen LogP contribution in [-0.4, -0.2) is 55.0 Å². The second-order valence-corrected chi connectivity index (χ2v) is 8.82. The van der Waals surface area contributed by atoms with E-state index < -0.39 is 0 Å².